The number of nitrogens with zero attached hydrogens (tertiary/aromatic N) is 1. The third kappa shape index (κ3) is 13.4. The normalized spacial score (nSPS) is 13.0. The molecule has 5 nitrogen and oxygen atoms in total. The molecule has 0 N–H and O–H groups in total. The third-order valence-corrected chi connectivity index (χ3v) is 2.71. The summed E-state index contributed by atoms with van der Waals surface area (Å²) in [5.74, 6) is -1.04. The SMILES string of the molecule is [CH]/C=C\CC(C/C=C/COC([CH])=O)OC(=O)CCCN(C)C. The molecule has 4 radical (unpaired) electrons. The Morgan fingerprint density at radius 3 is 2.45 bits per heavy atom. The van der Waals surface area contributed by atoms with Crippen molar-refractivity contribution < 1.29 is 19.1 Å². The summed E-state index contributed by atoms with van der Waals surface area (Å²) in [6, 6.07) is 0. The predicted octanol–water partition coefficient (Wildman–Crippen LogP) is 2.10. The number of rotatable bonds is 11. The van der Waals surface area contributed by atoms with E-state index in [1.54, 1.807) is 18.2 Å². The Balaban J connectivity index is 4.15. The number of hydrogen-bond acceptors (Lipinski definition) is 5. The van der Waals surface area contributed by atoms with Crippen LogP contribution in [0, 0.1) is 13.8 Å². The summed E-state index contributed by atoms with van der Waals surface area (Å²) in [6.45, 7) is 11.1. The van der Waals surface area contributed by atoms with Crippen molar-refractivity contribution >= 4 is 11.9 Å². The zero-order valence-corrected chi connectivity index (χ0v) is 13.4. The van der Waals surface area contributed by atoms with E-state index in [-0.39, 0.29) is 18.7 Å². The van der Waals surface area contributed by atoms with Crippen molar-refractivity contribution in [3.63, 3.8) is 0 Å². The molecule has 0 fully saturated rings. The molecule has 22 heavy (non-hydrogen) atoms. The van der Waals surface area contributed by atoms with Crippen molar-refractivity contribution in [1.82, 2.24) is 4.90 Å². The molecule has 0 aromatic rings. The average Bonchev–Trinajstić information content (AvgIpc) is 2.43. The van der Waals surface area contributed by atoms with Crippen molar-refractivity contribution in [2.75, 3.05) is 27.2 Å². The highest BCUT2D eigenvalue weighted by Crippen LogP contribution is 2.09. The van der Waals surface area contributed by atoms with Crippen LogP contribution in [0.2, 0.25) is 0 Å². The molecule has 0 aromatic heterocycles. The molecule has 0 heterocycles. The van der Waals surface area contributed by atoms with Crippen LogP contribution in [-0.2, 0) is 19.1 Å². The van der Waals surface area contributed by atoms with Crippen molar-refractivity contribution in [2.24, 2.45) is 0 Å². The quantitative estimate of drug-likeness (QED) is 0.432. The minimum absolute atomic E-state index is 0.103. The predicted molar refractivity (Wildman–Crippen MR) is 84.7 cm³/mol. The minimum atomic E-state index is -0.820. The van der Waals surface area contributed by atoms with Crippen LogP contribution in [0.4, 0.5) is 0 Å². The fourth-order valence-corrected chi connectivity index (χ4v) is 1.65. The Hall–Kier alpha value is -1.62. The second kappa shape index (κ2) is 13.1. The van der Waals surface area contributed by atoms with Crippen LogP contribution in [0.3, 0.4) is 0 Å². The Kier molecular flexibility index (Phi) is 12.1. The van der Waals surface area contributed by atoms with Crippen molar-refractivity contribution in [2.45, 2.75) is 31.8 Å². The molecule has 0 amide bonds. The van der Waals surface area contributed by atoms with Gasteiger partial charge in [0.25, 0.3) is 0 Å². The zero-order chi connectivity index (χ0) is 16.8. The van der Waals surface area contributed by atoms with Gasteiger partial charge in [0.15, 0.2) is 0 Å². The summed E-state index contributed by atoms with van der Waals surface area (Å²) >= 11 is 0. The molecule has 0 aliphatic rings. The lowest BCUT2D eigenvalue weighted by Gasteiger charge is -2.15. The molecule has 122 valence electrons. The Labute approximate surface area is 134 Å². The number of ether oxygens (including phenoxy) is 2. The Morgan fingerprint density at radius 1 is 1.18 bits per heavy atom. The van der Waals surface area contributed by atoms with E-state index in [1.807, 2.05) is 19.0 Å². The third-order valence-electron chi connectivity index (χ3n) is 2.71. The first-order chi connectivity index (χ1) is 10.5. The molecule has 0 aromatic carbocycles. The maximum atomic E-state index is 11.8. The van der Waals surface area contributed by atoms with Gasteiger partial charge in [-0.2, -0.15) is 0 Å². The van der Waals surface area contributed by atoms with Gasteiger partial charge in [-0.3, -0.25) is 9.59 Å². The first-order valence-corrected chi connectivity index (χ1v) is 7.23. The van der Waals surface area contributed by atoms with Crippen molar-refractivity contribution in [3.05, 3.63) is 38.2 Å². The van der Waals surface area contributed by atoms with Crippen LogP contribution < -0.4 is 0 Å². The first kappa shape index (κ1) is 20.4. The van der Waals surface area contributed by atoms with E-state index in [0.717, 1.165) is 13.0 Å². The Bertz CT molecular complexity index is 375. The van der Waals surface area contributed by atoms with Gasteiger partial charge >= 0.3 is 11.9 Å². The molecule has 0 spiro atoms. The molecule has 0 aliphatic heterocycles. The van der Waals surface area contributed by atoms with Crippen LogP contribution in [0.1, 0.15) is 25.7 Å². The number of carbonyl (C=O) groups is 2. The standard InChI is InChI=1S/C17H25NO4/c1-5-6-10-16(11-7-8-14-21-15(2)19)22-17(20)12-9-13-18(3)4/h1-2,5-8,16H,9-14H2,3-4H3/b6-5-,8-7+. The van der Waals surface area contributed by atoms with E-state index in [0.29, 0.717) is 19.3 Å². The van der Waals surface area contributed by atoms with Gasteiger partial charge in [-0.1, -0.05) is 24.3 Å². The van der Waals surface area contributed by atoms with Crippen LogP contribution in [0.15, 0.2) is 24.3 Å². The average molecular weight is 307 g/mol. The van der Waals surface area contributed by atoms with E-state index in [1.165, 1.54) is 6.08 Å². The van der Waals surface area contributed by atoms with Gasteiger partial charge in [0.1, 0.15) is 12.7 Å². The van der Waals surface area contributed by atoms with Gasteiger partial charge in [0, 0.05) is 19.3 Å². The zero-order valence-electron chi connectivity index (χ0n) is 13.4. The molecule has 0 bridgehead atoms. The lowest BCUT2D eigenvalue weighted by atomic mass is 10.1. The van der Waals surface area contributed by atoms with Crippen LogP contribution in [-0.4, -0.2) is 50.2 Å². The van der Waals surface area contributed by atoms with Gasteiger partial charge in [0.05, 0.1) is 6.92 Å². The highest BCUT2D eigenvalue weighted by Gasteiger charge is 2.11. The fraction of sp³-hybridized carbons (Fsp3) is 0.529. The van der Waals surface area contributed by atoms with Gasteiger partial charge in [-0.25, -0.2) is 0 Å². The van der Waals surface area contributed by atoms with Crippen molar-refractivity contribution in [3.8, 4) is 0 Å². The summed E-state index contributed by atoms with van der Waals surface area (Å²) in [5, 5.41) is 0. The van der Waals surface area contributed by atoms with Crippen LogP contribution in [0.25, 0.3) is 0 Å². The van der Waals surface area contributed by atoms with Gasteiger partial charge in [-0.15, -0.1) is 0 Å². The smallest absolute Gasteiger partial charge is 0.311 e. The first-order valence-electron chi connectivity index (χ1n) is 7.23. The van der Waals surface area contributed by atoms with Gasteiger partial charge in [-0.05, 0) is 34.0 Å². The van der Waals surface area contributed by atoms with E-state index >= 15 is 0 Å². The maximum Gasteiger partial charge on any atom is 0.311 e. The number of esters is 2. The maximum absolute atomic E-state index is 11.8. The molecular formula is C17H25NO4. The lowest BCUT2D eigenvalue weighted by molar-refractivity contribution is -0.148. The summed E-state index contributed by atoms with van der Waals surface area (Å²) in [4.78, 5) is 24.2. The number of hydrogen-bond donors (Lipinski definition) is 0. The monoisotopic (exact) mass is 307 g/mol. The highest BCUT2D eigenvalue weighted by molar-refractivity contribution is 5.73. The van der Waals surface area contributed by atoms with Crippen LogP contribution >= 0.6 is 0 Å². The van der Waals surface area contributed by atoms with Crippen LogP contribution in [0.5, 0.6) is 0 Å². The molecule has 1 unspecified atom stereocenters. The minimum Gasteiger partial charge on any atom is -0.462 e. The fourth-order valence-electron chi connectivity index (χ4n) is 1.65. The summed E-state index contributed by atoms with van der Waals surface area (Å²) in [6.07, 6.45) is 8.52. The second-order valence-corrected chi connectivity index (χ2v) is 5.02. The molecule has 0 saturated heterocycles. The van der Waals surface area contributed by atoms with Gasteiger partial charge in [0.2, 0.25) is 0 Å². The van der Waals surface area contributed by atoms with E-state index < -0.39 is 5.97 Å². The molecule has 0 rings (SSSR count). The van der Waals surface area contributed by atoms with E-state index in [4.69, 9.17) is 18.6 Å². The highest BCUT2D eigenvalue weighted by atomic mass is 16.5. The lowest BCUT2D eigenvalue weighted by Crippen LogP contribution is -2.19. The number of carbonyl (C=O) groups excluding carboxylic acids is 2. The molecular weight excluding hydrogens is 282 g/mol. The van der Waals surface area contributed by atoms with Gasteiger partial charge < -0.3 is 14.4 Å². The van der Waals surface area contributed by atoms with E-state index in [2.05, 4.69) is 4.74 Å². The molecule has 0 aliphatic carbocycles. The largest absolute Gasteiger partial charge is 0.462 e. The molecule has 1 atom stereocenters. The van der Waals surface area contributed by atoms with E-state index in [9.17, 15) is 9.59 Å². The van der Waals surface area contributed by atoms with Crippen molar-refractivity contribution in [1.29, 1.82) is 0 Å². The second-order valence-electron chi connectivity index (χ2n) is 5.02. The molecule has 0 saturated carbocycles. The summed E-state index contributed by atoms with van der Waals surface area (Å²) < 4.78 is 9.98. The summed E-state index contributed by atoms with van der Waals surface area (Å²) in [7, 11) is 3.91. The topological polar surface area (TPSA) is 55.8 Å². The summed E-state index contributed by atoms with van der Waals surface area (Å²) in [5.41, 5.74) is 0. The number of allylic oxidation sites excluding steroid dienone is 1. The Morgan fingerprint density at radius 2 is 1.86 bits per heavy atom. The molecule has 5 heteroatoms.